The van der Waals surface area contributed by atoms with Crippen molar-refractivity contribution in [2.24, 2.45) is 0 Å². The van der Waals surface area contributed by atoms with Gasteiger partial charge in [0.2, 0.25) is 0 Å². The summed E-state index contributed by atoms with van der Waals surface area (Å²) < 4.78 is 36.3. The highest BCUT2D eigenvalue weighted by Crippen LogP contribution is 2.28. The molecule has 1 aromatic rings. The van der Waals surface area contributed by atoms with Gasteiger partial charge in [0.15, 0.2) is 5.82 Å². The topological polar surface area (TPSA) is 42.2 Å². The molecule has 0 fully saturated rings. The highest BCUT2D eigenvalue weighted by atomic mass is 19.1. The average molecular weight is 209 g/mol. The largest absolute Gasteiger partial charge is 0.455 e. The van der Waals surface area contributed by atoms with Crippen LogP contribution in [0.15, 0.2) is 24.7 Å². The Kier molecular flexibility index (Phi) is 2.26. The quantitative estimate of drug-likeness (QED) is 0.712. The van der Waals surface area contributed by atoms with Crippen LogP contribution in [0.3, 0.4) is 0 Å². The van der Waals surface area contributed by atoms with Crippen molar-refractivity contribution in [2.45, 2.75) is 6.29 Å². The molecule has 0 aliphatic carbocycles. The van der Waals surface area contributed by atoms with Crippen molar-refractivity contribution in [2.75, 3.05) is 0 Å². The lowest BCUT2D eigenvalue weighted by Crippen LogP contribution is -2.04. The molecule has 3 nitrogen and oxygen atoms in total. The fourth-order valence-electron chi connectivity index (χ4n) is 1.24. The third-order valence-corrected chi connectivity index (χ3v) is 1.95. The minimum absolute atomic E-state index is 0.00190. The molecular formula is C10H5F2NO2. The molecule has 1 aliphatic rings. The molecule has 0 aromatic heterocycles. The van der Waals surface area contributed by atoms with Crippen LogP contribution < -0.4 is 0 Å². The maximum atomic E-state index is 13.5. The van der Waals surface area contributed by atoms with Gasteiger partial charge in [-0.25, -0.2) is 8.78 Å². The second kappa shape index (κ2) is 3.58. The summed E-state index contributed by atoms with van der Waals surface area (Å²) in [6, 6.07) is 3.63. The van der Waals surface area contributed by atoms with Crippen molar-refractivity contribution in [1.82, 2.24) is 0 Å². The van der Waals surface area contributed by atoms with Crippen molar-refractivity contribution in [1.29, 1.82) is 5.26 Å². The highest BCUT2D eigenvalue weighted by molar-refractivity contribution is 5.37. The molecule has 15 heavy (non-hydrogen) atoms. The highest BCUT2D eigenvalue weighted by Gasteiger charge is 2.23. The van der Waals surface area contributed by atoms with Gasteiger partial charge < -0.3 is 9.47 Å². The van der Waals surface area contributed by atoms with Gasteiger partial charge in [-0.15, -0.1) is 0 Å². The molecular weight excluding hydrogens is 204 g/mol. The Hall–Kier alpha value is -2.09. The lowest BCUT2D eigenvalue weighted by molar-refractivity contribution is -0.0272. The first kappa shape index (κ1) is 9.46. The van der Waals surface area contributed by atoms with E-state index in [0.29, 0.717) is 0 Å². The van der Waals surface area contributed by atoms with Crippen molar-refractivity contribution >= 4 is 0 Å². The van der Waals surface area contributed by atoms with E-state index in [2.05, 4.69) is 0 Å². The number of nitriles is 1. The standard InChI is InChI=1S/C10H5F2NO2/c11-8-2-1-6(9(12)7(8)5-13)10-14-3-4-15-10/h1-4,10H. The number of hydrogen-bond donors (Lipinski definition) is 0. The lowest BCUT2D eigenvalue weighted by Gasteiger charge is -2.11. The first-order valence-electron chi connectivity index (χ1n) is 4.08. The molecule has 1 aliphatic heterocycles. The van der Waals surface area contributed by atoms with E-state index in [-0.39, 0.29) is 5.56 Å². The van der Waals surface area contributed by atoms with Gasteiger partial charge in [-0.3, -0.25) is 0 Å². The van der Waals surface area contributed by atoms with Crippen LogP contribution in [-0.4, -0.2) is 0 Å². The summed E-state index contributed by atoms with van der Waals surface area (Å²) in [5.74, 6) is -1.85. The Morgan fingerprint density at radius 2 is 1.87 bits per heavy atom. The normalized spacial score (nSPS) is 14.5. The molecule has 76 valence electrons. The van der Waals surface area contributed by atoms with Crippen LogP contribution in [0, 0.1) is 23.0 Å². The van der Waals surface area contributed by atoms with Gasteiger partial charge in [0.25, 0.3) is 6.29 Å². The molecule has 0 radical (unpaired) electrons. The number of nitrogens with zero attached hydrogens (tertiary/aromatic N) is 1. The number of hydrogen-bond acceptors (Lipinski definition) is 3. The first-order chi connectivity index (χ1) is 7.24. The van der Waals surface area contributed by atoms with Crippen LogP contribution in [0.2, 0.25) is 0 Å². The molecule has 0 spiro atoms. The van der Waals surface area contributed by atoms with E-state index >= 15 is 0 Å². The Morgan fingerprint density at radius 3 is 2.47 bits per heavy atom. The van der Waals surface area contributed by atoms with Gasteiger partial charge >= 0.3 is 0 Å². The minimum atomic E-state index is -0.953. The van der Waals surface area contributed by atoms with Crippen LogP contribution in [0.1, 0.15) is 17.4 Å². The molecule has 0 bridgehead atoms. The van der Waals surface area contributed by atoms with Crippen LogP contribution in [0.25, 0.3) is 0 Å². The summed E-state index contributed by atoms with van der Waals surface area (Å²) >= 11 is 0. The lowest BCUT2D eigenvalue weighted by atomic mass is 10.1. The van der Waals surface area contributed by atoms with Gasteiger partial charge in [0.1, 0.15) is 30.0 Å². The Balaban J connectivity index is 2.46. The first-order valence-corrected chi connectivity index (χ1v) is 4.08. The monoisotopic (exact) mass is 209 g/mol. The van der Waals surface area contributed by atoms with Crippen LogP contribution in [-0.2, 0) is 9.47 Å². The molecule has 0 atom stereocenters. The van der Waals surface area contributed by atoms with E-state index in [9.17, 15) is 8.78 Å². The van der Waals surface area contributed by atoms with E-state index in [0.717, 1.165) is 6.07 Å². The predicted octanol–water partition coefficient (Wildman–Crippen LogP) is 2.35. The molecule has 5 heteroatoms. The number of halogens is 2. The van der Waals surface area contributed by atoms with E-state index in [4.69, 9.17) is 14.7 Å². The summed E-state index contributed by atoms with van der Waals surface area (Å²) in [7, 11) is 0. The van der Waals surface area contributed by atoms with E-state index in [1.54, 1.807) is 0 Å². The Morgan fingerprint density at radius 1 is 1.20 bits per heavy atom. The number of ether oxygens (including phenoxy) is 2. The van der Waals surface area contributed by atoms with E-state index < -0.39 is 23.5 Å². The SMILES string of the molecule is N#Cc1c(F)ccc(C2OC=CO2)c1F. The molecule has 0 N–H and O–H groups in total. The fourth-order valence-corrected chi connectivity index (χ4v) is 1.24. The third-order valence-electron chi connectivity index (χ3n) is 1.95. The summed E-state index contributed by atoms with van der Waals surface area (Å²) in [6.07, 6.45) is 1.55. The maximum absolute atomic E-state index is 13.5. The van der Waals surface area contributed by atoms with Crippen LogP contribution in [0.5, 0.6) is 0 Å². The Bertz CT molecular complexity index is 457. The van der Waals surface area contributed by atoms with Crippen molar-refractivity contribution in [3.8, 4) is 6.07 Å². The van der Waals surface area contributed by atoms with Gasteiger partial charge in [0, 0.05) is 0 Å². The molecule has 0 saturated carbocycles. The number of rotatable bonds is 1. The van der Waals surface area contributed by atoms with Gasteiger partial charge in [-0.05, 0) is 12.1 Å². The van der Waals surface area contributed by atoms with E-state index in [1.807, 2.05) is 0 Å². The molecule has 2 rings (SSSR count). The summed E-state index contributed by atoms with van der Waals surface area (Å²) in [5.41, 5.74) is -0.635. The van der Waals surface area contributed by atoms with Gasteiger partial charge in [-0.2, -0.15) is 5.26 Å². The van der Waals surface area contributed by atoms with Gasteiger partial charge in [-0.1, -0.05) is 0 Å². The fraction of sp³-hybridized carbons (Fsp3) is 0.100. The third kappa shape index (κ3) is 1.50. The second-order valence-electron chi connectivity index (χ2n) is 2.81. The summed E-state index contributed by atoms with van der Waals surface area (Å²) in [4.78, 5) is 0. The van der Waals surface area contributed by atoms with Crippen LogP contribution in [0.4, 0.5) is 8.78 Å². The second-order valence-corrected chi connectivity index (χ2v) is 2.81. The average Bonchev–Trinajstić information content (AvgIpc) is 2.71. The molecule has 1 aromatic carbocycles. The van der Waals surface area contributed by atoms with Crippen molar-refractivity contribution < 1.29 is 18.3 Å². The summed E-state index contributed by atoms with van der Waals surface area (Å²) in [5, 5.41) is 8.54. The number of benzene rings is 1. The zero-order chi connectivity index (χ0) is 10.8. The molecule has 1 heterocycles. The Labute approximate surface area is 84.1 Å². The zero-order valence-electron chi connectivity index (χ0n) is 7.41. The molecule has 0 saturated heterocycles. The van der Waals surface area contributed by atoms with Crippen LogP contribution >= 0.6 is 0 Å². The molecule has 0 amide bonds. The predicted molar refractivity (Wildman–Crippen MR) is 45.1 cm³/mol. The van der Waals surface area contributed by atoms with Crippen molar-refractivity contribution in [3.63, 3.8) is 0 Å². The minimum Gasteiger partial charge on any atom is -0.455 e. The molecule has 0 unspecified atom stereocenters. The zero-order valence-corrected chi connectivity index (χ0v) is 7.41. The van der Waals surface area contributed by atoms with Crippen molar-refractivity contribution in [3.05, 3.63) is 47.4 Å². The van der Waals surface area contributed by atoms with E-state index in [1.165, 1.54) is 24.7 Å². The van der Waals surface area contributed by atoms with Gasteiger partial charge in [0.05, 0.1) is 5.56 Å². The maximum Gasteiger partial charge on any atom is 0.269 e. The summed E-state index contributed by atoms with van der Waals surface area (Å²) in [6.45, 7) is 0. The smallest absolute Gasteiger partial charge is 0.269 e.